The number of hydrogen-bond donors (Lipinski definition) is 1. The number of fused-ring (bicyclic) bond motifs is 3. The van der Waals surface area contributed by atoms with E-state index in [4.69, 9.17) is 0 Å². The Labute approximate surface area is 186 Å². The molecular weight excluding hydrogens is 427 g/mol. The molecule has 0 atom stereocenters. The Morgan fingerprint density at radius 2 is 1.94 bits per heavy atom. The van der Waals surface area contributed by atoms with Gasteiger partial charge in [-0.2, -0.15) is 5.10 Å². The van der Waals surface area contributed by atoms with Gasteiger partial charge in [-0.25, -0.2) is 8.91 Å². The van der Waals surface area contributed by atoms with Crippen molar-refractivity contribution < 1.29 is 9.18 Å². The van der Waals surface area contributed by atoms with Crippen molar-refractivity contribution in [2.45, 2.75) is 13.0 Å². The first-order valence-corrected chi connectivity index (χ1v) is 11.0. The Bertz CT molecular complexity index is 1490. The highest BCUT2D eigenvalue weighted by atomic mass is 32.1. The number of rotatable bonds is 6. The van der Waals surface area contributed by atoms with Gasteiger partial charge in [-0.3, -0.25) is 9.59 Å². The van der Waals surface area contributed by atoms with Crippen molar-refractivity contribution in [2.75, 3.05) is 6.54 Å². The molecule has 0 aliphatic carbocycles. The minimum Gasteiger partial charge on any atom is -0.352 e. The van der Waals surface area contributed by atoms with Crippen LogP contribution in [0.25, 0.3) is 16.6 Å². The van der Waals surface area contributed by atoms with Crippen LogP contribution >= 0.6 is 11.3 Å². The molecule has 0 saturated heterocycles. The fraction of sp³-hybridized carbons (Fsp3) is 0.125. The van der Waals surface area contributed by atoms with Gasteiger partial charge in [0, 0.05) is 17.0 Å². The van der Waals surface area contributed by atoms with Crippen molar-refractivity contribution in [3.8, 4) is 0 Å². The standard InChI is InChI=1S/C24H19FN4O2S/c25-18-4-1-3-16(13-18)15-28-22-14-17(23(30)26-10-8-19-5-2-12-32-19)6-7-20(22)29-21(24(28)31)9-11-27-29/h1-7,9,11-14H,8,10,15H2,(H,26,30). The Balaban J connectivity index is 1.53. The molecule has 1 amide bonds. The molecule has 0 radical (unpaired) electrons. The summed E-state index contributed by atoms with van der Waals surface area (Å²) < 4.78 is 16.9. The van der Waals surface area contributed by atoms with E-state index in [0.717, 1.165) is 6.42 Å². The molecule has 0 unspecified atom stereocenters. The van der Waals surface area contributed by atoms with Crippen LogP contribution in [0.1, 0.15) is 20.8 Å². The molecule has 0 bridgehead atoms. The second kappa shape index (κ2) is 8.39. The summed E-state index contributed by atoms with van der Waals surface area (Å²) in [5.74, 6) is -0.579. The number of halogens is 1. The highest BCUT2D eigenvalue weighted by Crippen LogP contribution is 2.18. The lowest BCUT2D eigenvalue weighted by atomic mass is 10.1. The Kier molecular flexibility index (Phi) is 5.28. The molecule has 32 heavy (non-hydrogen) atoms. The Hall–Kier alpha value is -3.78. The average Bonchev–Trinajstić information content (AvgIpc) is 3.49. The number of amides is 1. The zero-order valence-electron chi connectivity index (χ0n) is 17.0. The van der Waals surface area contributed by atoms with Crippen LogP contribution in [0, 0.1) is 5.82 Å². The summed E-state index contributed by atoms with van der Waals surface area (Å²) in [6.07, 6.45) is 2.32. The number of carbonyl (C=O) groups is 1. The van der Waals surface area contributed by atoms with Crippen LogP contribution in [0.4, 0.5) is 4.39 Å². The molecule has 3 heterocycles. The average molecular weight is 447 g/mol. The lowest BCUT2D eigenvalue weighted by Gasteiger charge is -2.13. The van der Waals surface area contributed by atoms with E-state index in [2.05, 4.69) is 10.4 Å². The van der Waals surface area contributed by atoms with Crippen molar-refractivity contribution >= 4 is 33.8 Å². The van der Waals surface area contributed by atoms with E-state index < -0.39 is 0 Å². The van der Waals surface area contributed by atoms with E-state index in [1.54, 1.807) is 63.0 Å². The number of carbonyl (C=O) groups excluding carboxylic acids is 1. The first kappa shape index (κ1) is 20.1. The van der Waals surface area contributed by atoms with E-state index in [1.165, 1.54) is 17.0 Å². The van der Waals surface area contributed by atoms with Gasteiger partial charge in [-0.15, -0.1) is 11.3 Å². The molecule has 0 aliphatic heterocycles. The summed E-state index contributed by atoms with van der Waals surface area (Å²) >= 11 is 1.65. The molecule has 0 fully saturated rings. The molecule has 6 nitrogen and oxygen atoms in total. The molecule has 3 aromatic heterocycles. The highest BCUT2D eigenvalue weighted by molar-refractivity contribution is 7.09. The van der Waals surface area contributed by atoms with Gasteiger partial charge in [0.15, 0.2) is 0 Å². The van der Waals surface area contributed by atoms with Crippen LogP contribution in [0.3, 0.4) is 0 Å². The van der Waals surface area contributed by atoms with E-state index in [0.29, 0.717) is 34.2 Å². The fourth-order valence-electron chi connectivity index (χ4n) is 3.80. The number of benzene rings is 2. The lowest BCUT2D eigenvalue weighted by Crippen LogP contribution is -2.27. The summed E-state index contributed by atoms with van der Waals surface area (Å²) in [5, 5.41) is 9.21. The van der Waals surface area contributed by atoms with Crippen LogP contribution in [-0.2, 0) is 13.0 Å². The van der Waals surface area contributed by atoms with Gasteiger partial charge in [0.05, 0.1) is 23.8 Å². The monoisotopic (exact) mass is 446 g/mol. The summed E-state index contributed by atoms with van der Waals surface area (Å²) in [5.41, 5.74) is 2.51. The zero-order chi connectivity index (χ0) is 22.1. The van der Waals surface area contributed by atoms with Gasteiger partial charge in [0.1, 0.15) is 11.3 Å². The minimum absolute atomic E-state index is 0.179. The Morgan fingerprint density at radius 3 is 2.75 bits per heavy atom. The fourth-order valence-corrected chi connectivity index (χ4v) is 4.50. The number of aromatic nitrogens is 3. The number of nitrogens with one attached hydrogen (secondary N) is 1. The summed E-state index contributed by atoms with van der Waals surface area (Å²) in [7, 11) is 0. The third-order valence-corrected chi connectivity index (χ3v) is 6.27. The van der Waals surface area contributed by atoms with Crippen molar-refractivity contribution in [2.24, 2.45) is 0 Å². The quantitative estimate of drug-likeness (QED) is 0.431. The molecule has 0 saturated carbocycles. The first-order valence-electron chi connectivity index (χ1n) is 10.2. The summed E-state index contributed by atoms with van der Waals surface area (Å²) in [6.45, 7) is 0.698. The van der Waals surface area contributed by atoms with Gasteiger partial charge in [0.25, 0.3) is 11.5 Å². The highest BCUT2D eigenvalue weighted by Gasteiger charge is 2.15. The molecular formula is C24H19FN4O2S. The lowest BCUT2D eigenvalue weighted by molar-refractivity contribution is 0.0954. The smallest absolute Gasteiger partial charge is 0.277 e. The van der Waals surface area contributed by atoms with Crippen LogP contribution in [0.5, 0.6) is 0 Å². The van der Waals surface area contributed by atoms with E-state index in [9.17, 15) is 14.0 Å². The predicted molar refractivity (Wildman–Crippen MR) is 123 cm³/mol. The summed E-state index contributed by atoms with van der Waals surface area (Å²) in [4.78, 5) is 27.2. The van der Waals surface area contributed by atoms with E-state index >= 15 is 0 Å². The number of thiophene rings is 1. The largest absolute Gasteiger partial charge is 0.352 e. The van der Waals surface area contributed by atoms with Crippen molar-refractivity contribution in [1.29, 1.82) is 0 Å². The van der Waals surface area contributed by atoms with E-state index in [-0.39, 0.29) is 23.8 Å². The maximum Gasteiger partial charge on any atom is 0.277 e. The van der Waals surface area contributed by atoms with Gasteiger partial charge < -0.3 is 9.88 Å². The maximum atomic E-state index is 13.7. The van der Waals surface area contributed by atoms with Crippen LogP contribution < -0.4 is 10.9 Å². The predicted octanol–water partition coefficient (Wildman–Crippen LogP) is 3.87. The van der Waals surface area contributed by atoms with Crippen LogP contribution in [-0.4, -0.2) is 26.6 Å². The van der Waals surface area contributed by atoms with Crippen molar-refractivity contribution in [1.82, 2.24) is 19.5 Å². The van der Waals surface area contributed by atoms with Gasteiger partial charge in [-0.05, 0) is 59.8 Å². The van der Waals surface area contributed by atoms with E-state index in [1.807, 2.05) is 17.5 Å². The molecule has 1 N–H and O–H groups in total. The normalized spacial score (nSPS) is 11.3. The zero-order valence-corrected chi connectivity index (χ0v) is 17.8. The first-order chi connectivity index (χ1) is 15.6. The SMILES string of the molecule is O=C(NCCc1cccs1)c1ccc2c(c1)n(Cc1cccc(F)c1)c(=O)c1ccnn12. The number of nitrogens with zero attached hydrogens (tertiary/aromatic N) is 3. The third kappa shape index (κ3) is 3.80. The molecule has 8 heteroatoms. The third-order valence-electron chi connectivity index (χ3n) is 5.33. The molecule has 0 aliphatic rings. The molecule has 0 spiro atoms. The topological polar surface area (TPSA) is 68.4 Å². The van der Waals surface area contributed by atoms with Gasteiger partial charge in [-0.1, -0.05) is 18.2 Å². The second-order valence-corrected chi connectivity index (χ2v) is 8.47. The molecule has 5 aromatic rings. The van der Waals surface area contributed by atoms with Crippen molar-refractivity contribution in [3.63, 3.8) is 0 Å². The maximum absolute atomic E-state index is 13.7. The molecule has 2 aromatic carbocycles. The van der Waals surface area contributed by atoms with Gasteiger partial charge in [0.2, 0.25) is 0 Å². The minimum atomic E-state index is -0.365. The van der Waals surface area contributed by atoms with Crippen LogP contribution in [0.15, 0.2) is 77.0 Å². The van der Waals surface area contributed by atoms with Crippen LogP contribution in [0.2, 0.25) is 0 Å². The van der Waals surface area contributed by atoms with Gasteiger partial charge >= 0.3 is 0 Å². The second-order valence-electron chi connectivity index (χ2n) is 7.44. The molecule has 5 rings (SSSR count). The summed E-state index contributed by atoms with van der Waals surface area (Å²) in [6, 6.07) is 17.0. The Morgan fingerprint density at radius 1 is 1.03 bits per heavy atom. The van der Waals surface area contributed by atoms with Crippen molar-refractivity contribution in [3.05, 3.63) is 104 Å². The number of hydrogen-bond acceptors (Lipinski definition) is 4. The molecule has 160 valence electrons.